The molecule has 20 heavy (non-hydrogen) atoms. The average molecular weight is 363 g/mol. The lowest BCUT2D eigenvalue weighted by molar-refractivity contribution is 0.00939. The van der Waals surface area contributed by atoms with Crippen molar-refractivity contribution < 1.29 is 13.5 Å². The Morgan fingerprint density at radius 3 is 2.70 bits per heavy atom. The maximum absolute atomic E-state index is 12.7. The molecule has 1 aromatic carbocycles. The number of β-amino-alcohol motifs (C(OH)–C–C–N with tert-alkyl or cyclic N) is 1. The fourth-order valence-electron chi connectivity index (χ4n) is 2.46. The van der Waals surface area contributed by atoms with E-state index in [9.17, 15) is 13.5 Å². The summed E-state index contributed by atoms with van der Waals surface area (Å²) in [7, 11) is -3.65. The van der Waals surface area contributed by atoms with Crippen molar-refractivity contribution in [1.82, 2.24) is 4.31 Å². The molecule has 3 N–H and O–H groups in total. The fourth-order valence-corrected chi connectivity index (χ4v) is 4.96. The molecule has 0 radical (unpaired) electrons. The van der Waals surface area contributed by atoms with E-state index in [4.69, 9.17) is 5.73 Å². The molecule has 1 heterocycles. The summed E-state index contributed by atoms with van der Waals surface area (Å²) >= 11 is 3.27. The minimum Gasteiger partial charge on any atom is -0.398 e. The van der Waals surface area contributed by atoms with Crippen molar-refractivity contribution >= 4 is 31.6 Å². The zero-order valence-electron chi connectivity index (χ0n) is 11.6. The molecule has 0 spiro atoms. The van der Waals surface area contributed by atoms with Crippen LogP contribution in [0.5, 0.6) is 0 Å². The Balaban J connectivity index is 2.46. The van der Waals surface area contributed by atoms with Crippen LogP contribution in [-0.4, -0.2) is 36.5 Å². The monoisotopic (exact) mass is 362 g/mol. The van der Waals surface area contributed by atoms with Crippen LogP contribution in [0.3, 0.4) is 0 Å². The van der Waals surface area contributed by atoms with Gasteiger partial charge in [-0.1, -0.05) is 15.9 Å². The van der Waals surface area contributed by atoms with Gasteiger partial charge in [-0.15, -0.1) is 0 Å². The smallest absolute Gasteiger partial charge is 0.243 e. The molecule has 5 nitrogen and oxygen atoms in total. The van der Waals surface area contributed by atoms with Crippen LogP contribution >= 0.6 is 15.9 Å². The summed E-state index contributed by atoms with van der Waals surface area (Å²) in [5.41, 5.74) is 5.84. The molecular weight excluding hydrogens is 344 g/mol. The van der Waals surface area contributed by atoms with Gasteiger partial charge < -0.3 is 10.8 Å². The van der Waals surface area contributed by atoms with Crippen molar-refractivity contribution in [3.05, 3.63) is 22.2 Å². The van der Waals surface area contributed by atoms with Crippen LogP contribution in [0.15, 0.2) is 21.5 Å². The van der Waals surface area contributed by atoms with Gasteiger partial charge in [-0.2, -0.15) is 4.31 Å². The number of piperidine rings is 1. The molecular formula is C13H19BrN2O3S. The fraction of sp³-hybridized carbons (Fsp3) is 0.538. The largest absolute Gasteiger partial charge is 0.398 e. The second-order valence-electron chi connectivity index (χ2n) is 5.56. The third kappa shape index (κ3) is 3.00. The van der Waals surface area contributed by atoms with Crippen LogP contribution in [0, 0.1) is 6.92 Å². The molecule has 0 bridgehead atoms. The number of nitrogen functional groups attached to an aromatic ring is 1. The zero-order chi connectivity index (χ0) is 15.1. The lowest BCUT2D eigenvalue weighted by atomic mass is 9.97. The maximum Gasteiger partial charge on any atom is 0.243 e. The summed E-state index contributed by atoms with van der Waals surface area (Å²) in [6.45, 7) is 3.89. The van der Waals surface area contributed by atoms with Crippen molar-refractivity contribution in [2.45, 2.75) is 37.2 Å². The first-order valence-corrected chi connectivity index (χ1v) is 8.65. The predicted molar refractivity (Wildman–Crippen MR) is 81.9 cm³/mol. The Hall–Kier alpha value is -0.630. The quantitative estimate of drug-likeness (QED) is 0.786. The number of nitrogens with two attached hydrogens (primary N) is 1. The van der Waals surface area contributed by atoms with Gasteiger partial charge in [0.05, 0.1) is 10.5 Å². The van der Waals surface area contributed by atoms with Crippen molar-refractivity contribution in [3.8, 4) is 0 Å². The van der Waals surface area contributed by atoms with Gasteiger partial charge in [0.15, 0.2) is 0 Å². The molecule has 1 aliphatic heterocycles. The topological polar surface area (TPSA) is 83.6 Å². The molecule has 0 amide bonds. The van der Waals surface area contributed by atoms with E-state index in [2.05, 4.69) is 15.9 Å². The highest BCUT2D eigenvalue weighted by atomic mass is 79.9. The Morgan fingerprint density at radius 2 is 2.10 bits per heavy atom. The van der Waals surface area contributed by atoms with E-state index in [-0.39, 0.29) is 11.4 Å². The molecule has 112 valence electrons. The summed E-state index contributed by atoms with van der Waals surface area (Å²) in [5, 5.41) is 10.1. The number of aliphatic hydroxyl groups is 1. The second-order valence-corrected chi connectivity index (χ2v) is 8.38. The summed E-state index contributed by atoms with van der Waals surface area (Å²) in [6.07, 6.45) is 1.26. The standard InChI is InChI=1S/C13H19BrN2O3S/c1-9-11(15)6-10(14)7-12(9)20(18,19)16-5-3-4-13(2,17)8-16/h6-7,17H,3-5,8,15H2,1-2H3. The van der Waals surface area contributed by atoms with Crippen molar-refractivity contribution in [3.63, 3.8) is 0 Å². The van der Waals surface area contributed by atoms with E-state index in [0.29, 0.717) is 35.1 Å². The highest BCUT2D eigenvalue weighted by Crippen LogP contribution is 2.31. The second kappa shape index (κ2) is 5.29. The van der Waals surface area contributed by atoms with Crippen molar-refractivity contribution in [1.29, 1.82) is 0 Å². The minimum absolute atomic E-state index is 0.112. The minimum atomic E-state index is -3.65. The first-order valence-electron chi connectivity index (χ1n) is 6.42. The van der Waals surface area contributed by atoms with Crippen molar-refractivity contribution in [2.75, 3.05) is 18.8 Å². The molecule has 1 unspecified atom stereocenters. The molecule has 1 aliphatic rings. The van der Waals surface area contributed by atoms with E-state index in [1.165, 1.54) is 4.31 Å². The molecule has 0 aromatic heterocycles. The molecule has 1 fully saturated rings. The number of sulfonamides is 1. The van der Waals surface area contributed by atoms with Gasteiger partial charge in [-0.05, 0) is 44.4 Å². The molecule has 2 rings (SSSR count). The lowest BCUT2D eigenvalue weighted by Gasteiger charge is -2.36. The lowest BCUT2D eigenvalue weighted by Crippen LogP contribution is -2.48. The SMILES string of the molecule is Cc1c(N)cc(Br)cc1S(=O)(=O)N1CCCC(C)(O)C1. The third-order valence-corrected chi connectivity index (χ3v) is 6.05. The molecule has 1 atom stereocenters. The average Bonchev–Trinajstić information content (AvgIpc) is 2.32. The van der Waals surface area contributed by atoms with Crippen LogP contribution in [0.4, 0.5) is 5.69 Å². The highest BCUT2D eigenvalue weighted by Gasteiger charge is 2.36. The first kappa shape index (κ1) is 15.8. The van der Waals surface area contributed by atoms with Gasteiger partial charge in [-0.3, -0.25) is 0 Å². The van der Waals surface area contributed by atoms with Gasteiger partial charge in [0.25, 0.3) is 0 Å². The van der Waals surface area contributed by atoms with Crippen molar-refractivity contribution in [2.24, 2.45) is 0 Å². The maximum atomic E-state index is 12.7. The third-order valence-electron chi connectivity index (χ3n) is 3.62. The van der Waals surface area contributed by atoms with Crippen LogP contribution in [0.1, 0.15) is 25.3 Å². The number of nitrogens with zero attached hydrogens (tertiary/aromatic N) is 1. The van der Waals surface area contributed by atoms with Crippen LogP contribution in [-0.2, 0) is 10.0 Å². The van der Waals surface area contributed by atoms with Crippen LogP contribution in [0.2, 0.25) is 0 Å². The normalized spacial score (nSPS) is 24.8. The number of hydrogen-bond acceptors (Lipinski definition) is 4. The number of benzene rings is 1. The van der Waals surface area contributed by atoms with Gasteiger partial charge in [0, 0.05) is 23.2 Å². The molecule has 7 heteroatoms. The summed E-state index contributed by atoms with van der Waals surface area (Å²) < 4.78 is 27.4. The van der Waals surface area contributed by atoms with E-state index in [1.807, 2.05) is 0 Å². The Morgan fingerprint density at radius 1 is 1.45 bits per heavy atom. The summed E-state index contributed by atoms with van der Waals surface area (Å²) in [4.78, 5) is 0.196. The molecule has 0 aliphatic carbocycles. The Kier molecular flexibility index (Phi) is 4.17. The number of rotatable bonds is 2. The summed E-state index contributed by atoms with van der Waals surface area (Å²) in [6, 6.07) is 3.24. The van der Waals surface area contributed by atoms with Gasteiger partial charge in [0.2, 0.25) is 10.0 Å². The summed E-state index contributed by atoms with van der Waals surface area (Å²) in [5.74, 6) is 0. The molecule has 1 saturated heterocycles. The van der Waals surface area contributed by atoms with Crippen LogP contribution in [0.25, 0.3) is 0 Å². The van der Waals surface area contributed by atoms with E-state index in [0.717, 1.165) is 0 Å². The van der Waals surface area contributed by atoms with Gasteiger partial charge in [-0.25, -0.2) is 8.42 Å². The van der Waals surface area contributed by atoms with E-state index in [1.54, 1.807) is 26.0 Å². The number of hydrogen-bond donors (Lipinski definition) is 2. The van der Waals surface area contributed by atoms with Crippen LogP contribution < -0.4 is 5.73 Å². The van der Waals surface area contributed by atoms with E-state index >= 15 is 0 Å². The number of anilines is 1. The predicted octanol–water partition coefficient (Wildman–Crippen LogP) is 1.88. The Labute approximate surface area is 128 Å². The van der Waals surface area contributed by atoms with E-state index < -0.39 is 15.6 Å². The molecule has 1 aromatic rings. The zero-order valence-corrected chi connectivity index (χ0v) is 14.0. The number of halogens is 1. The molecule has 0 saturated carbocycles. The van der Waals surface area contributed by atoms with Gasteiger partial charge in [0.1, 0.15) is 0 Å². The Bertz CT molecular complexity index is 629. The van der Waals surface area contributed by atoms with Gasteiger partial charge >= 0.3 is 0 Å². The first-order chi connectivity index (χ1) is 9.13. The highest BCUT2D eigenvalue weighted by molar-refractivity contribution is 9.10.